The van der Waals surface area contributed by atoms with Gasteiger partial charge < -0.3 is 0 Å². The first kappa shape index (κ1) is 13.0. The third kappa shape index (κ3) is 5.59. The predicted octanol–water partition coefficient (Wildman–Crippen LogP) is 4.23. The zero-order valence-corrected chi connectivity index (χ0v) is 9.80. The largest absolute Gasteiger partial charge is 0.192 e. The van der Waals surface area contributed by atoms with Crippen LogP contribution in [0.3, 0.4) is 0 Å². The van der Waals surface area contributed by atoms with E-state index >= 15 is 0 Å². The highest BCUT2D eigenvalue weighted by Crippen LogP contribution is 2.16. The molecule has 0 aromatic carbocycles. The average Bonchev–Trinajstić information content (AvgIpc) is 2.18. The Morgan fingerprint density at radius 2 is 2.07 bits per heavy atom. The fourth-order valence-corrected chi connectivity index (χ4v) is 1.23. The van der Waals surface area contributed by atoms with Gasteiger partial charge in [0.1, 0.15) is 0 Å². The lowest BCUT2D eigenvalue weighted by atomic mass is 9.99. The van der Waals surface area contributed by atoms with E-state index in [-0.39, 0.29) is 0 Å². The van der Waals surface area contributed by atoms with E-state index < -0.39 is 0 Å². The minimum absolute atomic E-state index is 0.737. The second kappa shape index (κ2) is 7.38. The summed E-state index contributed by atoms with van der Waals surface area (Å²) in [6.07, 6.45) is 7.27. The molecule has 1 nitrogen and oxygen atoms in total. The lowest BCUT2D eigenvalue weighted by Crippen LogP contribution is -1.90. The standard InChI is InChI=1S/C13H21N/c1-5-12(8-7-11(3)4)9-13(6-2)10-14/h6,9,11H,5,7-8H2,1-4H3/b12-9+,13-6+. The molecule has 0 aliphatic heterocycles. The second-order valence-corrected chi connectivity index (χ2v) is 3.94. The lowest BCUT2D eigenvalue weighted by Gasteiger charge is -2.06. The highest BCUT2D eigenvalue weighted by molar-refractivity contribution is 5.34. The van der Waals surface area contributed by atoms with E-state index in [9.17, 15) is 0 Å². The van der Waals surface area contributed by atoms with Gasteiger partial charge in [-0.3, -0.25) is 0 Å². The molecule has 1 heteroatoms. The van der Waals surface area contributed by atoms with Crippen LogP contribution in [0.15, 0.2) is 23.3 Å². The molecule has 14 heavy (non-hydrogen) atoms. The van der Waals surface area contributed by atoms with E-state index in [1.165, 1.54) is 12.0 Å². The van der Waals surface area contributed by atoms with Crippen LogP contribution < -0.4 is 0 Å². The number of nitriles is 1. The van der Waals surface area contributed by atoms with E-state index in [2.05, 4.69) is 26.8 Å². The summed E-state index contributed by atoms with van der Waals surface area (Å²) in [4.78, 5) is 0. The number of nitrogens with zero attached hydrogens (tertiary/aromatic N) is 1. The van der Waals surface area contributed by atoms with Crippen molar-refractivity contribution in [2.75, 3.05) is 0 Å². The van der Waals surface area contributed by atoms with Gasteiger partial charge >= 0.3 is 0 Å². The van der Waals surface area contributed by atoms with Crippen LogP contribution in [0, 0.1) is 17.2 Å². The Hall–Kier alpha value is -1.03. The van der Waals surface area contributed by atoms with Crippen molar-refractivity contribution < 1.29 is 0 Å². The summed E-state index contributed by atoms with van der Waals surface area (Å²) in [5.41, 5.74) is 2.17. The lowest BCUT2D eigenvalue weighted by molar-refractivity contribution is 0.579. The smallest absolute Gasteiger partial charge is 0.0988 e. The summed E-state index contributed by atoms with van der Waals surface area (Å²) >= 11 is 0. The molecule has 0 rings (SSSR count). The Kier molecular flexibility index (Phi) is 6.84. The summed E-state index contributed by atoms with van der Waals surface area (Å²) < 4.78 is 0. The van der Waals surface area contributed by atoms with E-state index in [0.29, 0.717) is 0 Å². The topological polar surface area (TPSA) is 23.8 Å². The first-order valence-corrected chi connectivity index (χ1v) is 5.39. The maximum atomic E-state index is 8.78. The number of hydrogen-bond donors (Lipinski definition) is 0. The van der Waals surface area contributed by atoms with Crippen LogP contribution >= 0.6 is 0 Å². The highest BCUT2D eigenvalue weighted by Gasteiger charge is 1.99. The van der Waals surface area contributed by atoms with Crippen molar-refractivity contribution in [3.05, 3.63) is 23.3 Å². The molecule has 0 fully saturated rings. The van der Waals surface area contributed by atoms with Gasteiger partial charge in [-0.25, -0.2) is 0 Å². The van der Waals surface area contributed by atoms with Crippen molar-refractivity contribution in [1.82, 2.24) is 0 Å². The molecule has 0 saturated carbocycles. The van der Waals surface area contributed by atoms with Crippen LogP contribution in [0.1, 0.15) is 47.0 Å². The molecule has 0 heterocycles. The van der Waals surface area contributed by atoms with Crippen LogP contribution in [0.5, 0.6) is 0 Å². The van der Waals surface area contributed by atoms with Crippen LogP contribution in [-0.4, -0.2) is 0 Å². The average molecular weight is 191 g/mol. The maximum absolute atomic E-state index is 8.78. The fourth-order valence-electron chi connectivity index (χ4n) is 1.23. The van der Waals surface area contributed by atoms with Crippen LogP contribution in [-0.2, 0) is 0 Å². The normalized spacial score (nSPS) is 13.1. The highest BCUT2D eigenvalue weighted by atomic mass is 14.2. The molecule has 78 valence electrons. The van der Waals surface area contributed by atoms with Gasteiger partial charge in [-0.05, 0) is 38.2 Å². The molecular weight excluding hydrogens is 170 g/mol. The van der Waals surface area contributed by atoms with E-state index in [0.717, 1.165) is 24.3 Å². The molecule has 0 bridgehead atoms. The van der Waals surface area contributed by atoms with E-state index in [4.69, 9.17) is 5.26 Å². The molecule has 0 N–H and O–H groups in total. The van der Waals surface area contributed by atoms with Gasteiger partial charge in [-0.15, -0.1) is 0 Å². The maximum Gasteiger partial charge on any atom is 0.0988 e. The van der Waals surface area contributed by atoms with Crippen LogP contribution in [0.2, 0.25) is 0 Å². The zero-order chi connectivity index (χ0) is 11.0. The van der Waals surface area contributed by atoms with Gasteiger partial charge in [0.05, 0.1) is 6.07 Å². The summed E-state index contributed by atoms with van der Waals surface area (Å²) in [5, 5.41) is 8.78. The van der Waals surface area contributed by atoms with Crippen molar-refractivity contribution in [2.24, 2.45) is 5.92 Å². The third-order valence-electron chi connectivity index (χ3n) is 2.30. The fraction of sp³-hybridized carbons (Fsp3) is 0.615. The molecule has 0 radical (unpaired) electrons. The summed E-state index contributed by atoms with van der Waals surface area (Å²) in [5.74, 6) is 0.737. The Morgan fingerprint density at radius 3 is 2.43 bits per heavy atom. The third-order valence-corrected chi connectivity index (χ3v) is 2.30. The van der Waals surface area contributed by atoms with Crippen LogP contribution in [0.25, 0.3) is 0 Å². The number of allylic oxidation sites excluding steroid dienone is 4. The summed E-state index contributed by atoms with van der Waals surface area (Å²) in [7, 11) is 0. The monoisotopic (exact) mass is 191 g/mol. The Balaban J connectivity index is 4.33. The first-order valence-electron chi connectivity index (χ1n) is 5.39. The second-order valence-electron chi connectivity index (χ2n) is 3.94. The summed E-state index contributed by atoms with van der Waals surface area (Å²) in [6.45, 7) is 8.52. The molecule has 0 atom stereocenters. The molecule has 0 amide bonds. The van der Waals surface area contributed by atoms with Crippen molar-refractivity contribution in [1.29, 1.82) is 5.26 Å². The predicted molar refractivity (Wildman–Crippen MR) is 61.8 cm³/mol. The van der Waals surface area contributed by atoms with E-state index in [1.54, 1.807) is 0 Å². The van der Waals surface area contributed by atoms with Gasteiger partial charge in [-0.2, -0.15) is 5.26 Å². The summed E-state index contributed by atoms with van der Waals surface area (Å²) in [6, 6.07) is 2.19. The molecule has 0 aromatic rings. The van der Waals surface area contributed by atoms with Gasteiger partial charge in [0.2, 0.25) is 0 Å². The molecular formula is C13H21N. The molecule has 0 aliphatic rings. The van der Waals surface area contributed by atoms with Crippen LogP contribution in [0.4, 0.5) is 0 Å². The molecule has 0 unspecified atom stereocenters. The van der Waals surface area contributed by atoms with Gasteiger partial charge in [0, 0.05) is 5.57 Å². The quantitative estimate of drug-likeness (QED) is 0.471. The Bertz CT molecular complexity index is 251. The van der Waals surface area contributed by atoms with Crippen molar-refractivity contribution in [3.63, 3.8) is 0 Å². The molecule has 0 aliphatic carbocycles. The minimum atomic E-state index is 0.737. The van der Waals surface area contributed by atoms with Gasteiger partial charge in [0.25, 0.3) is 0 Å². The van der Waals surface area contributed by atoms with Crippen molar-refractivity contribution in [2.45, 2.75) is 47.0 Å². The minimum Gasteiger partial charge on any atom is -0.192 e. The number of hydrogen-bond acceptors (Lipinski definition) is 1. The van der Waals surface area contributed by atoms with Crippen molar-refractivity contribution in [3.8, 4) is 6.07 Å². The zero-order valence-electron chi connectivity index (χ0n) is 9.80. The Morgan fingerprint density at radius 1 is 1.43 bits per heavy atom. The van der Waals surface area contributed by atoms with Crippen molar-refractivity contribution >= 4 is 0 Å². The molecule has 0 saturated heterocycles. The van der Waals surface area contributed by atoms with Gasteiger partial charge in [0.15, 0.2) is 0 Å². The molecule has 0 aromatic heterocycles. The Labute approximate surface area is 88.1 Å². The van der Waals surface area contributed by atoms with E-state index in [1.807, 2.05) is 19.1 Å². The SMILES string of the molecule is C/C=C(C#N)\C=C(/CC)CCC(C)C. The number of rotatable bonds is 5. The first-order chi connectivity index (χ1) is 6.63. The molecule has 0 spiro atoms. The van der Waals surface area contributed by atoms with Gasteiger partial charge in [-0.1, -0.05) is 32.4 Å².